The van der Waals surface area contributed by atoms with Gasteiger partial charge in [-0.1, -0.05) is 17.7 Å². The summed E-state index contributed by atoms with van der Waals surface area (Å²) in [6.45, 7) is 2.02. The third kappa shape index (κ3) is 4.08. The molecule has 110 valence electrons. The molecule has 0 saturated carbocycles. The predicted octanol–water partition coefficient (Wildman–Crippen LogP) is 3.01. The number of nitrogens with one attached hydrogen (secondary N) is 2. The molecule has 0 atom stereocenters. The molecule has 0 aliphatic heterocycles. The average Bonchev–Trinajstić information content (AvgIpc) is 2.51. The Hall–Kier alpha value is -3.33. The summed E-state index contributed by atoms with van der Waals surface area (Å²) >= 11 is 0. The van der Waals surface area contributed by atoms with Crippen molar-refractivity contribution in [3.05, 3.63) is 54.1 Å². The molecular weight excluding hydrogens is 278 g/mol. The van der Waals surface area contributed by atoms with Crippen LogP contribution >= 0.6 is 0 Å². The summed E-state index contributed by atoms with van der Waals surface area (Å²) in [5, 5.41) is 19.6. The van der Waals surface area contributed by atoms with Gasteiger partial charge in [-0.05, 0) is 43.3 Å². The quantitative estimate of drug-likeness (QED) is 0.447. The highest BCUT2D eigenvalue weighted by atomic mass is 16.5. The molecule has 0 aromatic heterocycles. The maximum atomic E-state index is 8.74. The monoisotopic (exact) mass is 293 g/mol. The van der Waals surface area contributed by atoms with E-state index in [4.69, 9.17) is 21.1 Å². The van der Waals surface area contributed by atoms with Crippen molar-refractivity contribution < 1.29 is 4.74 Å². The second-order valence-corrected chi connectivity index (χ2v) is 4.54. The van der Waals surface area contributed by atoms with Crippen LogP contribution in [0.5, 0.6) is 11.5 Å². The van der Waals surface area contributed by atoms with Gasteiger partial charge in [0.05, 0.1) is 5.69 Å². The molecule has 0 spiro atoms. The Labute approximate surface area is 128 Å². The van der Waals surface area contributed by atoms with Crippen molar-refractivity contribution in [2.45, 2.75) is 6.92 Å². The van der Waals surface area contributed by atoms with Gasteiger partial charge in [0.1, 0.15) is 17.6 Å². The standard InChI is InChI=1S/C16H15N5O/c1-11-2-6-13(7-3-11)22-14-8-4-12(5-9-14)20-21-15(10-17)16(18)19/h2-9,20H,1H3,(H3,18,19)/b21-15+. The van der Waals surface area contributed by atoms with Crippen LogP contribution < -0.4 is 15.9 Å². The first-order chi connectivity index (χ1) is 10.6. The molecule has 6 heteroatoms. The van der Waals surface area contributed by atoms with Crippen molar-refractivity contribution in [3.63, 3.8) is 0 Å². The molecule has 0 radical (unpaired) electrons. The molecule has 0 aliphatic carbocycles. The van der Waals surface area contributed by atoms with Crippen LogP contribution in [0.15, 0.2) is 53.6 Å². The number of rotatable bonds is 5. The zero-order chi connectivity index (χ0) is 15.9. The molecule has 0 amide bonds. The SMILES string of the molecule is Cc1ccc(Oc2ccc(N/N=C(\C#N)C(=N)N)cc2)cc1. The van der Waals surface area contributed by atoms with E-state index in [9.17, 15) is 0 Å². The van der Waals surface area contributed by atoms with Gasteiger partial charge in [0, 0.05) is 0 Å². The third-order valence-electron chi connectivity index (χ3n) is 2.77. The first-order valence-corrected chi connectivity index (χ1v) is 6.51. The molecule has 0 bridgehead atoms. The van der Waals surface area contributed by atoms with Crippen LogP contribution in [-0.2, 0) is 0 Å². The minimum absolute atomic E-state index is 0.167. The first-order valence-electron chi connectivity index (χ1n) is 6.51. The van der Waals surface area contributed by atoms with Gasteiger partial charge in [0.15, 0.2) is 5.84 Å². The molecule has 4 N–H and O–H groups in total. The molecule has 2 aromatic carbocycles. The van der Waals surface area contributed by atoms with Crippen molar-refractivity contribution in [2.75, 3.05) is 5.43 Å². The lowest BCUT2D eigenvalue weighted by Gasteiger charge is -2.07. The van der Waals surface area contributed by atoms with E-state index in [1.807, 2.05) is 31.2 Å². The highest BCUT2D eigenvalue weighted by Gasteiger charge is 2.01. The summed E-state index contributed by atoms with van der Waals surface area (Å²) in [4.78, 5) is 0. The van der Waals surface area contributed by atoms with Crippen molar-refractivity contribution >= 4 is 17.2 Å². The van der Waals surface area contributed by atoms with E-state index in [-0.39, 0.29) is 11.5 Å². The maximum Gasteiger partial charge on any atom is 0.201 e. The van der Waals surface area contributed by atoms with E-state index in [0.29, 0.717) is 11.4 Å². The van der Waals surface area contributed by atoms with Gasteiger partial charge in [-0.15, -0.1) is 0 Å². The van der Waals surface area contributed by atoms with Gasteiger partial charge >= 0.3 is 0 Å². The number of aryl methyl sites for hydroxylation is 1. The summed E-state index contributed by atoms with van der Waals surface area (Å²) in [6, 6.07) is 16.5. The molecule has 0 aliphatic rings. The highest BCUT2D eigenvalue weighted by Crippen LogP contribution is 2.23. The Kier molecular flexibility index (Phi) is 4.73. The Morgan fingerprint density at radius 1 is 1.14 bits per heavy atom. The fourth-order valence-corrected chi connectivity index (χ4v) is 1.61. The van der Waals surface area contributed by atoms with Gasteiger partial charge < -0.3 is 10.5 Å². The number of nitrogens with two attached hydrogens (primary N) is 1. The zero-order valence-electron chi connectivity index (χ0n) is 12.0. The predicted molar refractivity (Wildman–Crippen MR) is 86.3 cm³/mol. The van der Waals surface area contributed by atoms with Crippen molar-refractivity contribution in [1.29, 1.82) is 10.7 Å². The van der Waals surface area contributed by atoms with Crippen LogP contribution in [0, 0.1) is 23.7 Å². The molecule has 2 rings (SSSR count). The van der Waals surface area contributed by atoms with Gasteiger partial charge in [0.2, 0.25) is 5.71 Å². The molecule has 0 heterocycles. The largest absolute Gasteiger partial charge is 0.457 e. The number of hydrazone groups is 1. The molecule has 6 nitrogen and oxygen atoms in total. The number of anilines is 1. The van der Waals surface area contributed by atoms with Crippen LogP contribution in [0.4, 0.5) is 5.69 Å². The maximum absolute atomic E-state index is 8.74. The van der Waals surface area contributed by atoms with Crippen molar-refractivity contribution in [2.24, 2.45) is 10.8 Å². The molecule has 2 aromatic rings. The molecule has 0 unspecified atom stereocenters. The number of amidine groups is 1. The number of benzene rings is 2. The number of ether oxygens (including phenoxy) is 1. The van der Waals surface area contributed by atoms with E-state index in [2.05, 4.69) is 10.5 Å². The van der Waals surface area contributed by atoms with E-state index in [1.165, 1.54) is 5.56 Å². The van der Waals surface area contributed by atoms with Crippen molar-refractivity contribution in [1.82, 2.24) is 0 Å². The van der Waals surface area contributed by atoms with E-state index in [0.717, 1.165) is 5.75 Å². The smallest absolute Gasteiger partial charge is 0.201 e. The number of hydrogen-bond acceptors (Lipinski definition) is 5. The van der Waals surface area contributed by atoms with Crippen LogP contribution in [0.3, 0.4) is 0 Å². The van der Waals surface area contributed by atoms with E-state index in [1.54, 1.807) is 30.3 Å². The Bertz CT molecular complexity index is 727. The fraction of sp³-hybridized carbons (Fsp3) is 0.0625. The zero-order valence-corrected chi connectivity index (χ0v) is 12.0. The third-order valence-corrected chi connectivity index (χ3v) is 2.77. The van der Waals surface area contributed by atoms with Gasteiger partial charge in [0.25, 0.3) is 0 Å². The summed E-state index contributed by atoms with van der Waals surface area (Å²) < 4.78 is 5.70. The highest BCUT2D eigenvalue weighted by molar-refractivity contribution is 6.45. The summed E-state index contributed by atoms with van der Waals surface area (Å²) in [7, 11) is 0. The lowest BCUT2D eigenvalue weighted by molar-refractivity contribution is 0.482. The van der Waals surface area contributed by atoms with Crippen LogP contribution in [0.2, 0.25) is 0 Å². The van der Waals surface area contributed by atoms with E-state index >= 15 is 0 Å². The Balaban J connectivity index is 2.03. The minimum atomic E-state index is -0.380. The lowest BCUT2D eigenvalue weighted by Crippen LogP contribution is -2.21. The van der Waals surface area contributed by atoms with Gasteiger partial charge in [-0.2, -0.15) is 10.4 Å². The molecular formula is C16H15N5O. The minimum Gasteiger partial charge on any atom is -0.457 e. The molecule has 22 heavy (non-hydrogen) atoms. The number of hydrogen-bond donors (Lipinski definition) is 3. The topological polar surface area (TPSA) is 107 Å². The average molecular weight is 293 g/mol. The number of nitrogens with zero attached hydrogens (tertiary/aromatic N) is 2. The van der Waals surface area contributed by atoms with Crippen LogP contribution in [0.25, 0.3) is 0 Å². The van der Waals surface area contributed by atoms with Crippen LogP contribution in [-0.4, -0.2) is 11.5 Å². The lowest BCUT2D eigenvalue weighted by atomic mass is 10.2. The summed E-state index contributed by atoms with van der Waals surface area (Å²) in [5.41, 5.74) is 9.53. The molecule has 0 fully saturated rings. The Morgan fingerprint density at radius 3 is 2.18 bits per heavy atom. The summed E-state index contributed by atoms with van der Waals surface area (Å²) in [5.74, 6) is 1.06. The fourth-order valence-electron chi connectivity index (χ4n) is 1.61. The number of nitriles is 1. The Morgan fingerprint density at radius 2 is 1.68 bits per heavy atom. The van der Waals surface area contributed by atoms with Crippen LogP contribution in [0.1, 0.15) is 5.56 Å². The normalized spacial score (nSPS) is 10.6. The summed E-state index contributed by atoms with van der Waals surface area (Å²) in [6.07, 6.45) is 0. The van der Waals surface area contributed by atoms with Crippen molar-refractivity contribution in [3.8, 4) is 17.6 Å². The second kappa shape index (κ2) is 6.90. The van der Waals surface area contributed by atoms with E-state index < -0.39 is 0 Å². The first kappa shape index (κ1) is 15.1. The van der Waals surface area contributed by atoms with Gasteiger partial charge in [-0.25, -0.2) is 0 Å². The molecule has 0 saturated heterocycles. The van der Waals surface area contributed by atoms with Gasteiger partial charge in [-0.3, -0.25) is 10.8 Å². The second-order valence-electron chi connectivity index (χ2n) is 4.54.